The molecule has 116 valence electrons. The van der Waals surface area contributed by atoms with Gasteiger partial charge in [-0.15, -0.1) is 0 Å². The van der Waals surface area contributed by atoms with E-state index in [0.717, 1.165) is 29.6 Å². The average molecular weight is 353 g/mol. The number of halogens is 1. The number of nitrogens with one attached hydrogen (secondary N) is 1. The fraction of sp³-hybridized carbons (Fsp3) is 0.588. The Morgan fingerprint density at radius 1 is 1.38 bits per heavy atom. The molecule has 0 atom stereocenters. The molecule has 0 aliphatic carbocycles. The van der Waals surface area contributed by atoms with Crippen molar-refractivity contribution in [3.63, 3.8) is 0 Å². The Labute approximate surface area is 136 Å². The molecule has 0 bridgehead atoms. The fourth-order valence-electron chi connectivity index (χ4n) is 1.85. The third-order valence-corrected chi connectivity index (χ3v) is 3.84. The number of hydrogen-bond donors (Lipinski definition) is 1. The molecule has 0 heterocycles. The first-order valence-corrected chi connectivity index (χ1v) is 8.19. The van der Waals surface area contributed by atoms with Gasteiger partial charge in [0.05, 0.1) is 22.6 Å². The van der Waals surface area contributed by atoms with E-state index in [1.807, 2.05) is 19.9 Å². The van der Waals surface area contributed by atoms with E-state index < -0.39 is 0 Å². The highest BCUT2D eigenvalue weighted by Crippen LogP contribution is 2.27. The average Bonchev–Trinajstić information content (AvgIpc) is 2.43. The second-order valence-corrected chi connectivity index (χ2v) is 7.10. The minimum absolute atomic E-state index is 0.271. The van der Waals surface area contributed by atoms with E-state index in [-0.39, 0.29) is 5.41 Å². The van der Waals surface area contributed by atoms with E-state index in [9.17, 15) is 0 Å². The van der Waals surface area contributed by atoms with E-state index in [0.29, 0.717) is 12.6 Å². The molecule has 0 saturated heterocycles. The standard InChI is InChI=1S/C17H25BrN2O/c1-13(2)20-11-14-6-7-16(15(18)10-14)21-9-5-8-17(3,4)12-19/h6-7,10,13,20H,5,8-9,11H2,1-4H3. The second-order valence-electron chi connectivity index (χ2n) is 6.25. The number of nitriles is 1. The van der Waals surface area contributed by atoms with Crippen molar-refractivity contribution in [3.05, 3.63) is 28.2 Å². The summed E-state index contributed by atoms with van der Waals surface area (Å²) in [6.45, 7) is 9.67. The van der Waals surface area contributed by atoms with E-state index in [1.54, 1.807) is 0 Å². The summed E-state index contributed by atoms with van der Waals surface area (Å²) in [5.74, 6) is 0.859. The highest BCUT2D eigenvalue weighted by atomic mass is 79.9. The summed E-state index contributed by atoms with van der Waals surface area (Å²) in [5, 5.41) is 12.4. The van der Waals surface area contributed by atoms with Crippen LogP contribution in [0.1, 0.15) is 46.1 Å². The lowest BCUT2D eigenvalue weighted by Gasteiger charge is -2.15. The smallest absolute Gasteiger partial charge is 0.133 e. The zero-order valence-electron chi connectivity index (χ0n) is 13.4. The Hall–Kier alpha value is -1.05. The van der Waals surface area contributed by atoms with Gasteiger partial charge < -0.3 is 10.1 Å². The van der Waals surface area contributed by atoms with Crippen molar-refractivity contribution in [3.8, 4) is 11.8 Å². The predicted molar refractivity (Wildman–Crippen MR) is 90.2 cm³/mol. The molecule has 3 nitrogen and oxygen atoms in total. The van der Waals surface area contributed by atoms with Crippen molar-refractivity contribution in [2.24, 2.45) is 5.41 Å². The summed E-state index contributed by atoms with van der Waals surface area (Å²) in [6.07, 6.45) is 1.72. The molecule has 1 rings (SSSR count). The molecule has 0 aromatic heterocycles. The third kappa shape index (κ3) is 6.97. The summed E-state index contributed by atoms with van der Waals surface area (Å²) in [6, 6.07) is 8.95. The normalized spacial score (nSPS) is 11.5. The first-order valence-electron chi connectivity index (χ1n) is 7.40. The number of benzene rings is 1. The predicted octanol–water partition coefficient (Wildman–Crippen LogP) is 4.66. The lowest BCUT2D eigenvalue weighted by Crippen LogP contribution is -2.21. The Balaban J connectivity index is 2.44. The number of nitrogens with zero attached hydrogens (tertiary/aromatic N) is 1. The van der Waals surface area contributed by atoms with Crippen molar-refractivity contribution in [1.29, 1.82) is 5.26 Å². The number of rotatable bonds is 8. The molecule has 0 unspecified atom stereocenters. The van der Waals surface area contributed by atoms with E-state index >= 15 is 0 Å². The highest BCUT2D eigenvalue weighted by molar-refractivity contribution is 9.10. The quantitative estimate of drug-likeness (QED) is 0.692. The summed E-state index contributed by atoms with van der Waals surface area (Å²) in [5.41, 5.74) is 0.959. The van der Waals surface area contributed by atoms with Crippen LogP contribution in [0, 0.1) is 16.7 Å². The first-order chi connectivity index (χ1) is 9.84. The van der Waals surface area contributed by atoms with E-state index in [1.165, 1.54) is 5.56 Å². The monoisotopic (exact) mass is 352 g/mol. The van der Waals surface area contributed by atoms with Crippen LogP contribution in [-0.2, 0) is 6.54 Å². The van der Waals surface area contributed by atoms with Crippen LogP contribution >= 0.6 is 15.9 Å². The maximum absolute atomic E-state index is 8.97. The van der Waals surface area contributed by atoms with Gasteiger partial charge >= 0.3 is 0 Å². The first kappa shape index (κ1) is 18.0. The molecule has 0 amide bonds. The third-order valence-electron chi connectivity index (χ3n) is 3.22. The largest absolute Gasteiger partial charge is 0.492 e. The Bertz CT molecular complexity index is 492. The molecule has 1 aromatic rings. The van der Waals surface area contributed by atoms with Gasteiger partial charge in [-0.1, -0.05) is 19.9 Å². The zero-order valence-corrected chi connectivity index (χ0v) is 15.0. The molecule has 0 saturated carbocycles. The van der Waals surface area contributed by atoms with Crippen molar-refractivity contribution in [2.45, 2.75) is 53.1 Å². The van der Waals surface area contributed by atoms with Crippen LogP contribution in [0.5, 0.6) is 5.75 Å². The van der Waals surface area contributed by atoms with Crippen LogP contribution in [0.15, 0.2) is 22.7 Å². The molecule has 4 heteroatoms. The molecule has 0 fully saturated rings. The Kier molecular flexibility index (Phi) is 7.21. The van der Waals surface area contributed by atoms with Crippen LogP contribution in [0.25, 0.3) is 0 Å². The Morgan fingerprint density at radius 3 is 2.67 bits per heavy atom. The van der Waals surface area contributed by atoms with Gasteiger partial charge in [0, 0.05) is 12.6 Å². The van der Waals surface area contributed by atoms with E-state index in [2.05, 4.69) is 53.3 Å². The van der Waals surface area contributed by atoms with Crippen molar-refractivity contribution in [2.75, 3.05) is 6.61 Å². The Morgan fingerprint density at radius 2 is 2.10 bits per heavy atom. The maximum atomic E-state index is 8.97. The van der Waals surface area contributed by atoms with Crippen LogP contribution in [-0.4, -0.2) is 12.6 Å². The van der Waals surface area contributed by atoms with Gasteiger partial charge in [0.2, 0.25) is 0 Å². The van der Waals surface area contributed by atoms with Crippen LogP contribution in [0.4, 0.5) is 0 Å². The van der Waals surface area contributed by atoms with Crippen LogP contribution in [0.2, 0.25) is 0 Å². The lowest BCUT2D eigenvalue weighted by atomic mass is 9.90. The zero-order chi connectivity index (χ0) is 15.9. The van der Waals surface area contributed by atoms with Gasteiger partial charge in [0.1, 0.15) is 5.75 Å². The minimum Gasteiger partial charge on any atom is -0.492 e. The molecule has 21 heavy (non-hydrogen) atoms. The number of ether oxygens (including phenoxy) is 1. The molecule has 1 N–H and O–H groups in total. The fourth-order valence-corrected chi connectivity index (χ4v) is 2.39. The van der Waals surface area contributed by atoms with Gasteiger partial charge in [-0.05, 0) is 60.3 Å². The molecule has 0 aliphatic rings. The molecular weight excluding hydrogens is 328 g/mol. The van der Waals surface area contributed by atoms with Crippen molar-refractivity contribution >= 4 is 15.9 Å². The minimum atomic E-state index is -0.271. The highest BCUT2D eigenvalue weighted by Gasteiger charge is 2.15. The van der Waals surface area contributed by atoms with Gasteiger partial charge in [-0.3, -0.25) is 0 Å². The van der Waals surface area contributed by atoms with Gasteiger partial charge in [0.15, 0.2) is 0 Å². The van der Waals surface area contributed by atoms with Gasteiger partial charge in [-0.2, -0.15) is 5.26 Å². The number of hydrogen-bond acceptors (Lipinski definition) is 3. The van der Waals surface area contributed by atoms with Crippen molar-refractivity contribution < 1.29 is 4.74 Å². The topological polar surface area (TPSA) is 45.0 Å². The molecule has 0 radical (unpaired) electrons. The second kappa shape index (κ2) is 8.41. The van der Waals surface area contributed by atoms with Crippen molar-refractivity contribution in [1.82, 2.24) is 5.32 Å². The molecule has 0 spiro atoms. The summed E-state index contributed by atoms with van der Waals surface area (Å²) < 4.78 is 6.76. The lowest BCUT2D eigenvalue weighted by molar-refractivity contribution is 0.282. The SMILES string of the molecule is CC(C)NCc1ccc(OCCCC(C)(C)C#N)c(Br)c1. The van der Waals surface area contributed by atoms with Crippen LogP contribution < -0.4 is 10.1 Å². The molecule has 1 aromatic carbocycles. The summed E-state index contributed by atoms with van der Waals surface area (Å²) in [7, 11) is 0. The summed E-state index contributed by atoms with van der Waals surface area (Å²) in [4.78, 5) is 0. The van der Waals surface area contributed by atoms with Crippen LogP contribution in [0.3, 0.4) is 0 Å². The molecular formula is C17H25BrN2O. The summed E-state index contributed by atoms with van der Waals surface area (Å²) >= 11 is 3.55. The van der Waals surface area contributed by atoms with Gasteiger partial charge in [0.25, 0.3) is 0 Å². The molecule has 0 aliphatic heterocycles. The van der Waals surface area contributed by atoms with E-state index in [4.69, 9.17) is 10.00 Å². The maximum Gasteiger partial charge on any atom is 0.133 e. The van der Waals surface area contributed by atoms with Gasteiger partial charge in [-0.25, -0.2) is 0 Å².